The van der Waals surface area contributed by atoms with E-state index in [0.717, 1.165) is 36.0 Å². The van der Waals surface area contributed by atoms with Gasteiger partial charge in [-0.05, 0) is 76.6 Å². The molecule has 154 valence electrons. The summed E-state index contributed by atoms with van der Waals surface area (Å²) in [4.78, 5) is 0. The quantitative estimate of drug-likeness (QED) is 0.307. The molecule has 2 heteroatoms. The van der Waals surface area contributed by atoms with Crippen LogP contribution >= 0.6 is 0 Å². The van der Waals surface area contributed by atoms with Crippen LogP contribution in [0.2, 0.25) is 0 Å². The Balaban J connectivity index is 1.44. The predicted molar refractivity (Wildman–Crippen MR) is 131 cm³/mol. The van der Waals surface area contributed by atoms with Crippen LogP contribution in [0.3, 0.4) is 0 Å². The molecule has 4 aromatic rings. The van der Waals surface area contributed by atoms with Crippen molar-refractivity contribution in [2.24, 2.45) is 0 Å². The zero-order valence-corrected chi connectivity index (χ0v) is 17.4. The first kappa shape index (κ1) is 20.5. The van der Waals surface area contributed by atoms with Crippen LogP contribution in [0.4, 0.5) is 0 Å². The Morgan fingerprint density at radius 1 is 0.613 bits per heavy atom. The minimum absolute atomic E-state index is 0.278. The molecule has 0 heterocycles. The number of hydrogen-bond acceptors (Lipinski definition) is 2. The standard InChI is InChI=1S/C29H26O2/c30-25-17-15-22(16-18-25)9-4-2-1-3-5-11-24-21-26(31)19-20-28(24)29-14-8-12-23-10-6-7-13-27(23)29/h4-21,30-31H,1-3H2/b9-4+,11-5+. The van der Waals surface area contributed by atoms with E-state index in [2.05, 4.69) is 66.8 Å². The second-order valence-electron chi connectivity index (χ2n) is 7.63. The first-order chi connectivity index (χ1) is 15.2. The average molecular weight is 407 g/mol. The van der Waals surface area contributed by atoms with Gasteiger partial charge in [0.15, 0.2) is 0 Å². The van der Waals surface area contributed by atoms with Crippen LogP contribution < -0.4 is 0 Å². The molecule has 0 saturated carbocycles. The van der Waals surface area contributed by atoms with Gasteiger partial charge in [-0.25, -0.2) is 0 Å². The van der Waals surface area contributed by atoms with Gasteiger partial charge in [-0.15, -0.1) is 0 Å². The molecule has 4 aromatic carbocycles. The first-order valence-corrected chi connectivity index (χ1v) is 10.6. The molecule has 0 unspecified atom stereocenters. The van der Waals surface area contributed by atoms with Gasteiger partial charge in [-0.3, -0.25) is 0 Å². The van der Waals surface area contributed by atoms with Crippen molar-refractivity contribution < 1.29 is 10.2 Å². The van der Waals surface area contributed by atoms with Crippen molar-refractivity contribution in [1.29, 1.82) is 0 Å². The summed E-state index contributed by atoms with van der Waals surface area (Å²) in [5, 5.41) is 21.8. The summed E-state index contributed by atoms with van der Waals surface area (Å²) in [5.41, 5.74) is 4.41. The summed E-state index contributed by atoms with van der Waals surface area (Å²) in [6.07, 6.45) is 11.5. The third-order valence-corrected chi connectivity index (χ3v) is 5.36. The average Bonchev–Trinajstić information content (AvgIpc) is 2.79. The zero-order valence-electron chi connectivity index (χ0n) is 17.4. The van der Waals surface area contributed by atoms with Crippen molar-refractivity contribution in [3.05, 3.63) is 108 Å². The van der Waals surface area contributed by atoms with Crippen LogP contribution in [0.5, 0.6) is 11.5 Å². The minimum atomic E-state index is 0.278. The molecule has 0 fully saturated rings. The fourth-order valence-corrected chi connectivity index (χ4v) is 3.76. The fourth-order valence-electron chi connectivity index (χ4n) is 3.76. The van der Waals surface area contributed by atoms with Gasteiger partial charge in [0.1, 0.15) is 11.5 Å². The summed E-state index contributed by atoms with van der Waals surface area (Å²) < 4.78 is 0. The van der Waals surface area contributed by atoms with Crippen LogP contribution in [-0.2, 0) is 0 Å². The summed E-state index contributed by atoms with van der Waals surface area (Å²) in [5.74, 6) is 0.567. The van der Waals surface area contributed by atoms with E-state index in [1.165, 1.54) is 16.3 Å². The van der Waals surface area contributed by atoms with E-state index in [9.17, 15) is 10.2 Å². The lowest BCUT2D eigenvalue weighted by molar-refractivity contribution is 0.474. The first-order valence-electron chi connectivity index (χ1n) is 10.6. The van der Waals surface area contributed by atoms with E-state index in [-0.39, 0.29) is 11.5 Å². The molecule has 0 saturated heterocycles. The van der Waals surface area contributed by atoms with Crippen LogP contribution in [0.15, 0.2) is 97.1 Å². The minimum Gasteiger partial charge on any atom is -0.508 e. The zero-order chi connectivity index (χ0) is 21.5. The smallest absolute Gasteiger partial charge is 0.116 e. The van der Waals surface area contributed by atoms with Crippen LogP contribution in [0.1, 0.15) is 30.4 Å². The number of unbranched alkanes of at least 4 members (excludes halogenated alkanes) is 2. The number of allylic oxidation sites excluding steroid dienone is 2. The lowest BCUT2D eigenvalue weighted by Gasteiger charge is -2.11. The lowest BCUT2D eigenvalue weighted by atomic mass is 9.94. The highest BCUT2D eigenvalue weighted by Gasteiger charge is 2.08. The van der Waals surface area contributed by atoms with Gasteiger partial charge in [0.2, 0.25) is 0 Å². The van der Waals surface area contributed by atoms with E-state index < -0.39 is 0 Å². The number of aromatic hydroxyl groups is 2. The molecule has 2 nitrogen and oxygen atoms in total. The van der Waals surface area contributed by atoms with Crippen LogP contribution in [0.25, 0.3) is 34.1 Å². The number of rotatable bonds is 7. The number of benzene rings is 4. The number of hydrogen-bond donors (Lipinski definition) is 2. The molecule has 2 N–H and O–H groups in total. The van der Waals surface area contributed by atoms with Crippen molar-refractivity contribution in [2.45, 2.75) is 19.3 Å². The van der Waals surface area contributed by atoms with E-state index in [0.29, 0.717) is 0 Å². The molecule has 0 bridgehead atoms. The second-order valence-corrected chi connectivity index (χ2v) is 7.63. The Kier molecular flexibility index (Phi) is 6.49. The largest absolute Gasteiger partial charge is 0.508 e. The van der Waals surface area contributed by atoms with E-state index >= 15 is 0 Å². The van der Waals surface area contributed by atoms with E-state index in [4.69, 9.17) is 0 Å². The van der Waals surface area contributed by atoms with Crippen molar-refractivity contribution in [2.75, 3.05) is 0 Å². The molecule has 0 aliphatic heterocycles. The number of phenolic OH excluding ortho intramolecular Hbond substituents is 2. The predicted octanol–water partition coefficient (Wildman–Crippen LogP) is 7.81. The van der Waals surface area contributed by atoms with Gasteiger partial charge in [0.05, 0.1) is 0 Å². The maximum Gasteiger partial charge on any atom is 0.116 e. The Labute approximate surface area is 183 Å². The molecule has 0 aromatic heterocycles. The van der Waals surface area contributed by atoms with Gasteiger partial charge < -0.3 is 10.2 Å². The maximum absolute atomic E-state index is 10.0. The molecular weight excluding hydrogens is 380 g/mol. The topological polar surface area (TPSA) is 40.5 Å². The highest BCUT2D eigenvalue weighted by molar-refractivity contribution is 5.98. The fraction of sp³-hybridized carbons (Fsp3) is 0.103. The third kappa shape index (κ3) is 5.23. The monoisotopic (exact) mass is 406 g/mol. The van der Waals surface area contributed by atoms with Crippen LogP contribution in [0, 0.1) is 0 Å². The SMILES string of the molecule is Oc1ccc(/C=C/CCC/C=C/c2cc(O)ccc2-c2cccc3ccccc23)cc1. The molecule has 0 aliphatic rings. The Bertz CT molecular complexity index is 1210. The van der Waals surface area contributed by atoms with E-state index in [1.54, 1.807) is 18.2 Å². The normalized spacial score (nSPS) is 11.6. The molecule has 0 spiro atoms. The lowest BCUT2D eigenvalue weighted by Crippen LogP contribution is -1.86. The van der Waals surface area contributed by atoms with Gasteiger partial charge >= 0.3 is 0 Å². The molecule has 0 atom stereocenters. The number of phenols is 2. The molecule has 4 rings (SSSR count). The van der Waals surface area contributed by atoms with Gasteiger partial charge in [0, 0.05) is 0 Å². The Hall–Kier alpha value is -3.78. The summed E-state index contributed by atoms with van der Waals surface area (Å²) in [6.45, 7) is 0. The Morgan fingerprint density at radius 2 is 1.32 bits per heavy atom. The maximum atomic E-state index is 10.0. The molecular formula is C29H26O2. The highest BCUT2D eigenvalue weighted by Crippen LogP contribution is 2.33. The Morgan fingerprint density at radius 3 is 2.16 bits per heavy atom. The molecule has 0 amide bonds. The van der Waals surface area contributed by atoms with Crippen molar-refractivity contribution in [1.82, 2.24) is 0 Å². The highest BCUT2D eigenvalue weighted by atomic mass is 16.3. The number of fused-ring (bicyclic) bond motifs is 1. The van der Waals surface area contributed by atoms with E-state index in [1.807, 2.05) is 24.3 Å². The molecule has 0 aliphatic carbocycles. The molecule has 31 heavy (non-hydrogen) atoms. The summed E-state index contributed by atoms with van der Waals surface area (Å²) >= 11 is 0. The third-order valence-electron chi connectivity index (χ3n) is 5.36. The second kappa shape index (κ2) is 9.82. The molecule has 0 radical (unpaired) electrons. The van der Waals surface area contributed by atoms with Gasteiger partial charge in [0.25, 0.3) is 0 Å². The summed E-state index contributed by atoms with van der Waals surface area (Å²) in [7, 11) is 0. The van der Waals surface area contributed by atoms with Gasteiger partial charge in [-0.2, -0.15) is 0 Å². The van der Waals surface area contributed by atoms with Crippen molar-refractivity contribution in [3.63, 3.8) is 0 Å². The van der Waals surface area contributed by atoms with Crippen molar-refractivity contribution in [3.8, 4) is 22.6 Å². The van der Waals surface area contributed by atoms with Crippen molar-refractivity contribution >= 4 is 22.9 Å². The van der Waals surface area contributed by atoms with Gasteiger partial charge in [-0.1, -0.05) is 85.0 Å². The summed E-state index contributed by atoms with van der Waals surface area (Å²) in [6, 6.07) is 27.5. The van der Waals surface area contributed by atoms with Crippen LogP contribution in [-0.4, -0.2) is 10.2 Å².